The molecule has 0 aliphatic heterocycles. The number of unbranched alkanes of at least 4 members (excludes halogenated alkanes) is 2. The van der Waals surface area contributed by atoms with Gasteiger partial charge in [-0.15, -0.1) is 0 Å². The average molecular weight is 217 g/mol. The van der Waals surface area contributed by atoms with Crippen molar-refractivity contribution in [2.45, 2.75) is 40.0 Å². The van der Waals surface area contributed by atoms with Crippen LogP contribution in [0.5, 0.6) is 0 Å². The van der Waals surface area contributed by atoms with Crippen LogP contribution in [-0.2, 0) is 4.79 Å². The first-order valence-electron chi connectivity index (χ1n) is 4.94. The van der Waals surface area contributed by atoms with Crippen molar-refractivity contribution in [2.75, 3.05) is 6.54 Å². The van der Waals surface area contributed by atoms with Gasteiger partial charge in [0.15, 0.2) is 0 Å². The van der Waals surface area contributed by atoms with Crippen LogP contribution in [0.1, 0.15) is 40.0 Å². The van der Waals surface area contributed by atoms with Gasteiger partial charge >= 0.3 is 5.97 Å². The van der Waals surface area contributed by atoms with Gasteiger partial charge in [0, 0.05) is 6.54 Å². The summed E-state index contributed by atoms with van der Waals surface area (Å²) < 4.78 is 0. The van der Waals surface area contributed by atoms with Crippen LogP contribution in [0.2, 0.25) is 0 Å². The molecule has 0 bridgehead atoms. The third-order valence-electron chi connectivity index (χ3n) is 2.17. The van der Waals surface area contributed by atoms with E-state index in [-0.39, 0.29) is 0 Å². The minimum absolute atomic E-state index is 0.418. The van der Waals surface area contributed by atoms with Gasteiger partial charge in [0.05, 0.1) is 4.99 Å². The van der Waals surface area contributed by atoms with Crippen molar-refractivity contribution in [1.29, 1.82) is 0 Å². The number of carbonyl (C=O) groups is 1. The topological polar surface area (TPSA) is 49.3 Å². The molecule has 0 unspecified atom stereocenters. The van der Waals surface area contributed by atoms with Gasteiger partial charge in [-0.25, -0.2) is 0 Å². The van der Waals surface area contributed by atoms with Crippen molar-refractivity contribution in [3.8, 4) is 0 Å². The molecule has 0 atom stereocenters. The zero-order valence-electron chi connectivity index (χ0n) is 9.09. The fourth-order valence-electron chi connectivity index (χ4n) is 0.895. The molecular formula is C10H19NO2S. The highest BCUT2D eigenvalue weighted by Gasteiger charge is 2.31. The lowest BCUT2D eigenvalue weighted by Gasteiger charge is -2.21. The SMILES string of the molecule is CCCCCNC(=S)C(C)(C)C(=O)O. The Kier molecular flexibility index (Phi) is 5.69. The zero-order valence-corrected chi connectivity index (χ0v) is 9.91. The Morgan fingerprint density at radius 3 is 2.43 bits per heavy atom. The van der Waals surface area contributed by atoms with E-state index in [0.29, 0.717) is 4.99 Å². The molecule has 0 radical (unpaired) electrons. The molecule has 0 heterocycles. The van der Waals surface area contributed by atoms with Gasteiger partial charge in [0.25, 0.3) is 0 Å². The molecule has 2 N–H and O–H groups in total. The minimum atomic E-state index is -0.957. The highest BCUT2D eigenvalue weighted by Crippen LogP contribution is 2.16. The molecule has 0 aliphatic rings. The first kappa shape index (κ1) is 13.4. The first-order chi connectivity index (χ1) is 6.42. The van der Waals surface area contributed by atoms with Crippen LogP contribution >= 0.6 is 12.2 Å². The van der Waals surface area contributed by atoms with Crippen molar-refractivity contribution in [3.63, 3.8) is 0 Å². The Bertz CT molecular complexity index is 214. The molecule has 82 valence electrons. The number of carboxylic acid groups (broad SMARTS) is 1. The van der Waals surface area contributed by atoms with Crippen molar-refractivity contribution in [3.05, 3.63) is 0 Å². The summed E-state index contributed by atoms with van der Waals surface area (Å²) in [5, 5.41) is 11.9. The van der Waals surface area contributed by atoms with Gasteiger partial charge in [-0.05, 0) is 20.3 Å². The molecule has 3 nitrogen and oxygen atoms in total. The predicted octanol–water partition coefficient (Wildman–Crippen LogP) is 2.20. The van der Waals surface area contributed by atoms with Gasteiger partial charge in [-0.3, -0.25) is 4.79 Å². The average Bonchev–Trinajstić information content (AvgIpc) is 2.11. The molecule has 0 fully saturated rings. The zero-order chi connectivity index (χ0) is 11.2. The van der Waals surface area contributed by atoms with E-state index < -0.39 is 11.4 Å². The molecular weight excluding hydrogens is 198 g/mol. The Morgan fingerprint density at radius 2 is 2.00 bits per heavy atom. The summed E-state index contributed by atoms with van der Waals surface area (Å²) in [7, 11) is 0. The highest BCUT2D eigenvalue weighted by atomic mass is 32.1. The monoisotopic (exact) mass is 217 g/mol. The normalized spacial score (nSPS) is 11.1. The number of rotatable bonds is 6. The molecule has 4 heteroatoms. The van der Waals surface area contributed by atoms with E-state index in [1.807, 2.05) is 0 Å². The van der Waals surface area contributed by atoms with E-state index in [0.717, 1.165) is 25.8 Å². The maximum atomic E-state index is 10.8. The van der Waals surface area contributed by atoms with Crippen molar-refractivity contribution >= 4 is 23.2 Å². The number of hydrogen-bond acceptors (Lipinski definition) is 2. The quantitative estimate of drug-likeness (QED) is 0.529. The van der Waals surface area contributed by atoms with Crippen molar-refractivity contribution < 1.29 is 9.90 Å². The number of aliphatic carboxylic acids is 1. The molecule has 0 saturated heterocycles. The standard InChI is InChI=1S/C10H19NO2S/c1-4-5-6-7-11-8(14)10(2,3)9(12)13/h4-7H2,1-3H3,(H,11,14)(H,12,13). The molecule has 14 heavy (non-hydrogen) atoms. The second kappa shape index (κ2) is 5.96. The second-order valence-corrected chi connectivity index (χ2v) is 4.30. The summed E-state index contributed by atoms with van der Waals surface area (Å²) in [6.07, 6.45) is 3.33. The molecule has 0 amide bonds. The first-order valence-corrected chi connectivity index (χ1v) is 5.35. The largest absolute Gasteiger partial charge is 0.481 e. The Balaban J connectivity index is 3.90. The van der Waals surface area contributed by atoms with Crippen LogP contribution in [0.4, 0.5) is 0 Å². The lowest BCUT2D eigenvalue weighted by Crippen LogP contribution is -2.41. The van der Waals surface area contributed by atoms with E-state index in [2.05, 4.69) is 12.2 Å². The van der Waals surface area contributed by atoms with Crippen molar-refractivity contribution in [2.24, 2.45) is 5.41 Å². The third kappa shape index (κ3) is 4.05. The van der Waals surface area contributed by atoms with Crippen LogP contribution in [0.3, 0.4) is 0 Å². The van der Waals surface area contributed by atoms with Gasteiger partial charge < -0.3 is 10.4 Å². The van der Waals surface area contributed by atoms with Gasteiger partial charge in [0.2, 0.25) is 0 Å². The van der Waals surface area contributed by atoms with Gasteiger partial charge in [-0.1, -0.05) is 32.0 Å². The Morgan fingerprint density at radius 1 is 1.43 bits per heavy atom. The maximum absolute atomic E-state index is 10.8. The third-order valence-corrected chi connectivity index (χ3v) is 2.82. The number of nitrogens with one attached hydrogen (secondary N) is 1. The molecule has 0 aromatic rings. The number of thiocarbonyl (C=S) groups is 1. The Labute approximate surface area is 90.9 Å². The summed E-state index contributed by atoms with van der Waals surface area (Å²) in [6.45, 7) is 6.12. The summed E-state index contributed by atoms with van der Waals surface area (Å²) in [5.74, 6) is -0.884. The van der Waals surface area contributed by atoms with E-state index in [1.54, 1.807) is 13.8 Å². The van der Waals surface area contributed by atoms with Crippen LogP contribution in [-0.4, -0.2) is 22.6 Å². The van der Waals surface area contributed by atoms with Crippen LogP contribution < -0.4 is 5.32 Å². The second-order valence-electron chi connectivity index (χ2n) is 3.89. The molecule has 0 spiro atoms. The van der Waals surface area contributed by atoms with Crippen LogP contribution in [0, 0.1) is 5.41 Å². The lowest BCUT2D eigenvalue weighted by molar-refractivity contribution is -0.143. The van der Waals surface area contributed by atoms with Crippen LogP contribution in [0.15, 0.2) is 0 Å². The van der Waals surface area contributed by atoms with E-state index in [1.165, 1.54) is 0 Å². The lowest BCUT2D eigenvalue weighted by atomic mass is 9.93. The molecule has 0 saturated carbocycles. The van der Waals surface area contributed by atoms with Gasteiger partial charge in [0.1, 0.15) is 5.41 Å². The fourth-order valence-corrected chi connectivity index (χ4v) is 1.08. The highest BCUT2D eigenvalue weighted by molar-refractivity contribution is 7.80. The molecule has 0 rings (SSSR count). The summed E-state index contributed by atoms with van der Waals surface area (Å²) >= 11 is 5.02. The summed E-state index contributed by atoms with van der Waals surface area (Å²) in [5.41, 5.74) is -0.957. The molecule has 0 aliphatic carbocycles. The van der Waals surface area contributed by atoms with E-state index in [9.17, 15) is 4.79 Å². The number of carboxylic acids is 1. The summed E-state index contributed by atoms with van der Waals surface area (Å²) in [6, 6.07) is 0. The molecule has 0 aromatic carbocycles. The summed E-state index contributed by atoms with van der Waals surface area (Å²) in [4.78, 5) is 11.2. The Hall–Kier alpha value is -0.640. The minimum Gasteiger partial charge on any atom is -0.481 e. The van der Waals surface area contributed by atoms with Gasteiger partial charge in [-0.2, -0.15) is 0 Å². The number of hydrogen-bond donors (Lipinski definition) is 2. The van der Waals surface area contributed by atoms with E-state index >= 15 is 0 Å². The maximum Gasteiger partial charge on any atom is 0.315 e. The van der Waals surface area contributed by atoms with E-state index in [4.69, 9.17) is 17.3 Å². The van der Waals surface area contributed by atoms with Crippen LogP contribution in [0.25, 0.3) is 0 Å². The van der Waals surface area contributed by atoms with Crippen molar-refractivity contribution in [1.82, 2.24) is 5.32 Å². The predicted molar refractivity (Wildman–Crippen MR) is 61.5 cm³/mol. The fraction of sp³-hybridized carbons (Fsp3) is 0.800. The molecule has 0 aromatic heterocycles. The smallest absolute Gasteiger partial charge is 0.315 e.